The molecule has 47 heavy (non-hydrogen) atoms. The van der Waals surface area contributed by atoms with Gasteiger partial charge in [-0.25, -0.2) is 0 Å². The Labute approximate surface area is 299 Å². The second-order valence-corrected chi connectivity index (χ2v) is 19.1. The van der Waals surface area contributed by atoms with Crippen molar-refractivity contribution in [2.75, 3.05) is 0 Å². The molecule has 0 aliphatic carbocycles. The summed E-state index contributed by atoms with van der Waals surface area (Å²) in [6.07, 6.45) is 3.82. The maximum Gasteiger partial charge on any atom is 0.0795 e. The van der Waals surface area contributed by atoms with Crippen LogP contribution in [0.5, 0.6) is 0 Å². The zero-order valence-corrected chi connectivity index (χ0v) is 32.1. The van der Waals surface area contributed by atoms with Crippen LogP contribution in [-0.2, 0) is 20.1 Å². The van der Waals surface area contributed by atoms with Crippen LogP contribution < -0.4 is 5.19 Å². The molecule has 7 rings (SSSR count). The Morgan fingerprint density at radius 3 is 2.21 bits per heavy atom. The minimum absolute atomic E-state index is 0. The summed E-state index contributed by atoms with van der Waals surface area (Å²) in [5.41, 5.74) is 9.36. The Morgan fingerprint density at radius 1 is 0.766 bits per heavy atom. The van der Waals surface area contributed by atoms with E-state index in [0.29, 0.717) is 0 Å². The minimum Gasteiger partial charge on any atom is -0.305 e. The van der Waals surface area contributed by atoms with Crippen molar-refractivity contribution in [3.63, 3.8) is 0 Å². The molecule has 3 aromatic carbocycles. The largest absolute Gasteiger partial charge is 0.305 e. The van der Waals surface area contributed by atoms with E-state index < -0.39 is 14.0 Å². The van der Waals surface area contributed by atoms with E-state index in [1.807, 2.05) is 76.4 Å². The maximum absolute atomic E-state index is 8.38. The van der Waals surface area contributed by atoms with Crippen LogP contribution in [0, 0.1) is 26.0 Å². The monoisotopic (exact) mass is 827 g/mol. The summed E-state index contributed by atoms with van der Waals surface area (Å²) >= 11 is 1.78. The van der Waals surface area contributed by atoms with Gasteiger partial charge in [0.2, 0.25) is 0 Å². The van der Waals surface area contributed by atoms with E-state index in [1.165, 1.54) is 36.5 Å². The molecule has 0 bridgehead atoms. The summed E-state index contributed by atoms with van der Waals surface area (Å²) in [6, 6.07) is 37.9. The van der Waals surface area contributed by atoms with Gasteiger partial charge in [-0.3, -0.25) is 4.98 Å². The smallest absolute Gasteiger partial charge is 0.0795 e. The summed E-state index contributed by atoms with van der Waals surface area (Å²) < 4.78 is 10.8. The molecule has 7 aromatic rings. The molecule has 239 valence electrons. The number of thiophene rings is 1. The summed E-state index contributed by atoms with van der Waals surface area (Å²) in [7, 11) is -1.23. The number of nitrogens with zero attached hydrogens (tertiary/aromatic N) is 3. The van der Waals surface area contributed by atoms with Gasteiger partial charge < -0.3 is 9.97 Å². The van der Waals surface area contributed by atoms with Crippen molar-refractivity contribution in [1.82, 2.24) is 15.0 Å². The number of hydrogen-bond donors (Lipinski definition) is 0. The Hall–Kier alpha value is -3.80. The number of benzene rings is 3. The zero-order valence-electron chi connectivity index (χ0n) is 28.9. The molecule has 4 heterocycles. The van der Waals surface area contributed by atoms with Crippen LogP contribution in [0.3, 0.4) is 0 Å². The fraction of sp³-hybridized carbons (Fsp3) is 0.195. The van der Waals surface area contributed by atoms with Crippen molar-refractivity contribution in [2.45, 2.75) is 53.2 Å². The third-order valence-corrected chi connectivity index (χ3v) is 11.3. The second-order valence-electron chi connectivity index (χ2n) is 12.9. The van der Waals surface area contributed by atoms with Crippen molar-refractivity contribution in [3.8, 4) is 33.6 Å². The summed E-state index contributed by atoms with van der Waals surface area (Å²) in [4.78, 5) is 13.6. The third kappa shape index (κ3) is 7.85. The van der Waals surface area contributed by atoms with E-state index >= 15 is 0 Å². The van der Waals surface area contributed by atoms with Gasteiger partial charge >= 0.3 is 0 Å². The maximum atomic E-state index is 8.38. The second kappa shape index (κ2) is 14.5. The fourth-order valence-corrected chi connectivity index (χ4v) is 7.82. The number of hydrogen-bond acceptors (Lipinski definition) is 4. The number of fused-ring (bicyclic) bond motifs is 3. The van der Waals surface area contributed by atoms with Gasteiger partial charge in [0, 0.05) is 50.0 Å². The average molecular weight is 827 g/mol. The van der Waals surface area contributed by atoms with Gasteiger partial charge in [0.25, 0.3) is 0 Å². The molecule has 1 radical (unpaired) electrons. The van der Waals surface area contributed by atoms with E-state index in [4.69, 9.17) is 1.37 Å². The Bertz CT molecular complexity index is 2160. The fourth-order valence-electron chi connectivity index (χ4n) is 5.54. The van der Waals surface area contributed by atoms with Crippen molar-refractivity contribution in [3.05, 3.63) is 132 Å². The summed E-state index contributed by atoms with van der Waals surface area (Å²) in [5, 5.41) is 3.87. The number of pyridine rings is 3. The van der Waals surface area contributed by atoms with Gasteiger partial charge in [0.1, 0.15) is 0 Å². The molecule has 0 unspecified atom stereocenters. The molecule has 4 aromatic heterocycles. The topological polar surface area (TPSA) is 38.7 Å². The molecule has 0 aliphatic rings. The van der Waals surface area contributed by atoms with E-state index in [1.54, 1.807) is 17.5 Å². The molecule has 0 atom stereocenters. The van der Waals surface area contributed by atoms with Gasteiger partial charge in [0.15, 0.2) is 0 Å². The molecular weight excluding hydrogens is 787 g/mol. The molecule has 6 heteroatoms. The summed E-state index contributed by atoms with van der Waals surface area (Å²) in [5.74, 6) is -0.665. The van der Waals surface area contributed by atoms with E-state index in [-0.39, 0.29) is 20.1 Å². The first-order chi connectivity index (χ1) is 22.4. The predicted molar refractivity (Wildman–Crippen MR) is 200 cm³/mol. The van der Waals surface area contributed by atoms with Crippen molar-refractivity contribution < 1.29 is 21.5 Å². The van der Waals surface area contributed by atoms with Crippen LogP contribution in [-0.4, -0.2) is 23.0 Å². The molecule has 0 amide bonds. The average Bonchev–Trinajstić information content (AvgIpc) is 3.43. The van der Waals surface area contributed by atoms with E-state index in [0.717, 1.165) is 39.5 Å². The molecular formula is C41H39IrN3SSi-2. The predicted octanol–water partition coefficient (Wildman–Crippen LogP) is 10.8. The minimum atomic E-state index is -1.23. The number of aryl methyl sites for hydroxylation is 2. The number of aromatic nitrogens is 3. The molecule has 3 nitrogen and oxygen atoms in total. The molecule has 0 saturated heterocycles. The van der Waals surface area contributed by atoms with E-state index in [2.05, 4.69) is 95.3 Å². The van der Waals surface area contributed by atoms with Gasteiger partial charge in [-0.2, -0.15) is 11.3 Å². The normalized spacial score (nSPS) is 11.9. The van der Waals surface area contributed by atoms with Crippen molar-refractivity contribution in [1.29, 1.82) is 0 Å². The molecule has 0 spiro atoms. The van der Waals surface area contributed by atoms with Crippen LogP contribution >= 0.6 is 11.3 Å². The first kappa shape index (κ1) is 33.1. The van der Waals surface area contributed by atoms with E-state index in [9.17, 15) is 0 Å². The molecule has 0 saturated carbocycles. The third-order valence-electron chi connectivity index (χ3n) is 8.06. The van der Waals surface area contributed by atoms with Crippen molar-refractivity contribution >= 4 is 44.8 Å². The first-order valence-corrected chi connectivity index (χ1v) is 19.9. The zero-order chi connectivity index (χ0) is 33.3. The van der Waals surface area contributed by atoms with Gasteiger partial charge in [-0.1, -0.05) is 74.8 Å². The molecule has 0 fully saturated rings. The van der Waals surface area contributed by atoms with Crippen LogP contribution in [0.15, 0.2) is 103 Å². The summed E-state index contributed by atoms with van der Waals surface area (Å²) in [6.45, 7) is 14.9. The van der Waals surface area contributed by atoms with Gasteiger partial charge in [-0.15, -0.1) is 59.7 Å². The van der Waals surface area contributed by atoms with Crippen LogP contribution in [0.25, 0.3) is 53.8 Å². The molecule has 0 aliphatic heterocycles. The Balaban J connectivity index is 0.000000224. The quantitative estimate of drug-likeness (QED) is 0.128. The molecule has 0 N–H and O–H groups in total. The number of rotatable bonds is 5. The standard InChI is InChI=1S/C27H23N2S.C14H16NSi.Ir/c1-16(2)19-10-11-28-25(14-19)24-7-5-6-23-22-9-8-20(15-26(22)30-27(23)24)21-12-17(3)29-18(4)13-21;1-16(2,3)13-9-10-14(15-11-13)12-7-5-4-6-8-12;/h5-6,8-16H,1-4H3;4-7,9-11H,1-3H3;/q2*-1;/i16D;;. The van der Waals surface area contributed by atoms with Gasteiger partial charge in [0.05, 0.1) is 8.07 Å². The van der Waals surface area contributed by atoms with Crippen molar-refractivity contribution in [2.24, 2.45) is 0 Å². The Morgan fingerprint density at radius 2 is 1.55 bits per heavy atom. The van der Waals surface area contributed by atoms with Crippen LogP contribution in [0.4, 0.5) is 0 Å². The Kier molecular flexibility index (Phi) is 10.2. The SMILES string of the molecule is C[Si](C)(C)c1ccc(-c2[c-]cccc2)nc1.[2H]C(C)(C)c1ccnc(-c2[c-]ccc3c2sc2cc(-c4cc(C)nc(C)c4)ccc23)c1.[Ir]. The van der Waals surface area contributed by atoms with Gasteiger partial charge in [-0.05, 0) is 81.8 Å². The van der Waals surface area contributed by atoms with Crippen LogP contribution in [0.2, 0.25) is 19.6 Å². The van der Waals surface area contributed by atoms with Crippen LogP contribution in [0.1, 0.15) is 38.1 Å². The first-order valence-electron chi connectivity index (χ1n) is 16.1.